The predicted octanol–water partition coefficient (Wildman–Crippen LogP) is 4.86. The molecular formula is C23H25N3O2S. The highest BCUT2D eigenvalue weighted by atomic mass is 32.1. The van der Waals surface area contributed by atoms with E-state index in [9.17, 15) is 9.59 Å². The molecule has 1 aromatic heterocycles. The normalized spacial score (nSPS) is 12.1. The second-order valence-electron chi connectivity index (χ2n) is 7.41. The van der Waals surface area contributed by atoms with Crippen LogP contribution in [0.5, 0.6) is 0 Å². The average Bonchev–Trinajstić information content (AvgIpc) is 2.70. The Bertz CT molecular complexity index is 1170. The van der Waals surface area contributed by atoms with Gasteiger partial charge in [-0.3, -0.25) is 14.2 Å². The molecule has 150 valence electrons. The Hall–Kier alpha value is -2.99. The van der Waals surface area contributed by atoms with Gasteiger partial charge in [-0.2, -0.15) is 0 Å². The van der Waals surface area contributed by atoms with E-state index in [4.69, 9.17) is 12.2 Å². The summed E-state index contributed by atoms with van der Waals surface area (Å²) in [6.45, 7) is 10.2. The first-order valence-electron chi connectivity index (χ1n) is 9.60. The number of benzene rings is 2. The van der Waals surface area contributed by atoms with Crippen LogP contribution in [0.25, 0.3) is 10.9 Å². The van der Waals surface area contributed by atoms with Crippen molar-refractivity contribution in [3.63, 3.8) is 0 Å². The van der Waals surface area contributed by atoms with Crippen LogP contribution in [0.2, 0.25) is 0 Å². The molecule has 6 heteroatoms. The van der Waals surface area contributed by atoms with Crippen molar-refractivity contribution in [2.75, 3.05) is 0 Å². The third kappa shape index (κ3) is 4.38. The minimum absolute atomic E-state index is 0.140. The zero-order valence-electron chi connectivity index (χ0n) is 16.9. The lowest BCUT2D eigenvalue weighted by atomic mass is 9.99. The highest BCUT2D eigenvalue weighted by Gasteiger charge is 2.14. The minimum atomic E-state index is -0.207. The van der Waals surface area contributed by atoms with E-state index in [0.717, 1.165) is 5.56 Å². The van der Waals surface area contributed by atoms with Gasteiger partial charge in [0.05, 0.1) is 16.9 Å². The van der Waals surface area contributed by atoms with E-state index >= 15 is 0 Å². The van der Waals surface area contributed by atoms with Crippen molar-refractivity contribution in [1.29, 1.82) is 0 Å². The number of hydrogen-bond donors (Lipinski definition) is 2. The zero-order valence-corrected chi connectivity index (χ0v) is 17.7. The Morgan fingerprint density at radius 3 is 2.45 bits per heavy atom. The largest absolute Gasteiger partial charge is 0.346 e. The lowest BCUT2D eigenvalue weighted by Crippen LogP contribution is -2.27. The van der Waals surface area contributed by atoms with Gasteiger partial charge in [0.25, 0.3) is 11.5 Å². The van der Waals surface area contributed by atoms with Gasteiger partial charge in [0, 0.05) is 12.1 Å². The molecule has 3 rings (SSSR count). The molecule has 1 atom stereocenters. The molecule has 2 N–H and O–H groups in total. The summed E-state index contributed by atoms with van der Waals surface area (Å²) in [7, 11) is 0. The molecule has 0 bridgehead atoms. The lowest BCUT2D eigenvalue weighted by molar-refractivity contribution is 0.0940. The van der Waals surface area contributed by atoms with Crippen LogP contribution in [0.15, 0.2) is 59.9 Å². The van der Waals surface area contributed by atoms with Crippen LogP contribution >= 0.6 is 12.2 Å². The molecule has 2 aromatic carbocycles. The monoisotopic (exact) mass is 407 g/mol. The van der Waals surface area contributed by atoms with Crippen molar-refractivity contribution in [2.24, 2.45) is 0 Å². The molecule has 5 nitrogen and oxygen atoms in total. The van der Waals surface area contributed by atoms with Crippen LogP contribution < -0.4 is 10.9 Å². The molecule has 0 aliphatic rings. The molecule has 0 spiro atoms. The molecule has 0 radical (unpaired) electrons. The molecule has 29 heavy (non-hydrogen) atoms. The van der Waals surface area contributed by atoms with Crippen LogP contribution in [0.3, 0.4) is 0 Å². The van der Waals surface area contributed by atoms with E-state index in [1.165, 1.54) is 10.1 Å². The summed E-state index contributed by atoms with van der Waals surface area (Å²) in [4.78, 5) is 28.4. The topological polar surface area (TPSA) is 66.9 Å². The summed E-state index contributed by atoms with van der Waals surface area (Å²) >= 11 is 5.26. The van der Waals surface area contributed by atoms with Gasteiger partial charge in [0.1, 0.15) is 0 Å². The molecular weight excluding hydrogens is 382 g/mol. The third-order valence-electron chi connectivity index (χ3n) is 5.01. The number of rotatable bonds is 6. The Labute approximate surface area is 175 Å². The summed E-state index contributed by atoms with van der Waals surface area (Å²) in [6.07, 6.45) is 1.62. The fourth-order valence-corrected chi connectivity index (χ4v) is 3.49. The van der Waals surface area contributed by atoms with Gasteiger partial charge in [0.15, 0.2) is 4.77 Å². The standard InChI is InChI=1S/C23H25N3O2S/c1-5-12-26-22(28)19-11-10-18(13-20(19)25-23(26)29)21(27)24-15(4)17-8-6-16(7-9-17)14(2)3/h5-11,13-15H,1,12H2,2-4H3,(H,24,27)(H,25,29). The van der Waals surface area contributed by atoms with Crippen LogP contribution in [-0.4, -0.2) is 15.5 Å². The van der Waals surface area contributed by atoms with Crippen molar-refractivity contribution in [3.05, 3.63) is 86.9 Å². The number of carbonyl (C=O) groups excluding carboxylic acids is 1. The number of nitrogens with zero attached hydrogens (tertiary/aromatic N) is 1. The Balaban J connectivity index is 1.85. The maximum atomic E-state index is 12.7. The predicted molar refractivity (Wildman–Crippen MR) is 120 cm³/mol. The van der Waals surface area contributed by atoms with E-state index in [0.29, 0.717) is 33.7 Å². The number of amides is 1. The number of aromatic amines is 1. The van der Waals surface area contributed by atoms with Gasteiger partial charge in [-0.15, -0.1) is 6.58 Å². The number of aromatic nitrogens is 2. The van der Waals surface area contributed by atoms with E-state index < -0.39 is 0 Å². The smallest absolute Gasteiger partial charge is 0.262 e. The molecule has 0 saturated heterocycles. The summed E-state index contributed by atoms with van der Waals surface area (Å²) in [5.74, 6) is 0.259. The zero-order chi connectivity index (χ0) is 21.1. The number of fused-ring (bicyclic) bond motifs is 1. The first-order chi connectivity index (χ1) is 13.8. The van der Waals surface area contributed by atoms with E-state index in [1.54, 1.807) is 24.3 Å². The maximum absolute atomic E-state index is 12.7. The van der Waals surface area contributed by atoms with Gasteiger partial charge >= 0.3 is 0 Å². The maximum Gasteiger partial charge on any atom is 0.262 e. The number of H-pyrrole nitrogens is 1. The number of allylic oxidation sites excluding steroid dienone is 1. The second kappa shape index (κ2) is 8.57. The quantitative estimate of drug-likeness (QED) is 0.453. The van der Waals surface area contributed by atoms with Gasteiger partial charge in [0.2, 0.25) is 0 Å². The summed E-state index contributed by atoms with van der Waals surface area (Å²) in [5.41, 5.74) is 3.11. The van der Waals surface area contributed by atoms with Gasteiger partial charge < -0.3 is 10.3 Å². The Morgan fingerprint density at radius 2 is 1.83 bits per heavy atom. The van der Waals surface area contributed by atoms with Crippen LogP contribution in [-0.2, 0) is 6.54 Å². The molecule has 1 heterocycles. The molecule has 0 saturated carbocycles. The number of hydrogen-bond acceptors (Lipinski definition) is 3. The lowest BCUT2D eigenvalue weighted by Gasteiger charge is -2.16. The van der Waals surface area contributed by atoms with Crippen molar-refractivity contribution in [1.82, 2.24) is 14.9 Å². The highest BCUT2D eigenvalue weighted by Crippen LogP contribution is 2.19. The summed E-state index contributed by atoms with van der Waals surface area (Å²) in [6, 6.07) is 13.1. The molecule has 0 fully saturated rings. The molecule has 0 aliphatic heterocycles. The first-order valence-corrected chi connectivity index (χ1v) is 10.0. The van der Waals surface area contributed by atoms with Crippen molar-refractivity contribution in [2.45, 2.75) is 39.3 Å². The summed E-state index contributed by atoms with van der Waals surface area (Å²) < 4.78 is 1.74. The van der Waals surface area contributed by atoms with E-state index in [2.05, 4.69) is 42.9 Å². The van der Waals surface area contributed by atoms with E-state index in [1.807, 2.05) is 19.1 Å². The number of carbonyl (C=O) groups is 1. The average molecular weight is 408 g/mol. The van der Waals surface area contributed by atoms with Crippen molar-refractivity contribution in [3.8, 4) is 0 Å². The van der Waals surface area contributed by atoms with Crippen LogP contribution in [0.4, 0.5) is 0 Å². The van der Waals surface area contributed by atoms with E-state index in [-0.39, 0.29) is 17.5 Å². The molecule has 3 aromatic rings. The van der Waals surface area contributed by atoms with Gasteiger partial charge in [-0.05, 0) is 54.4 Å². The number of nitrogens with one attached hydrogen (secondary N) is 2. The fraction of sp³-hybridized carbons (Fsp3) is 0.261. The molecule has 1 unspecified atom stereocenters. The third-order valence-corrected chi connectivity index (χ3v) is 5.33. The van der Waals surface area contributed by atoms with Gasteiger partial charge in [-0.1, -0.05) is 44.2 Å². The van der Waals surface area contributed by atoms with Crippen molar-refractivity contribution >= 4 is 29.0 Å². The summed E-state index contributed by atoms with van der Waals surface area (Å²) in [5, 5.41) is 3.49. The van der Waals surface area contributed by atoms with Crippen molar-refractivity contribution < 1.29 is 4.79 Å². The minimum Gasteiger partial charge on any atom is -0.346 e. The Kier molecular flexibility index (Phi) is 6.13. The SMILES string of the molecule is C=CCn1c(=S)[nH]c2cc(C(=O)NC(C)c3ccc(C(C)C)cc3)ccc2c1=O. The second-order valence-corrected chi connectivity index (χ2v) is 7.80. The van der Waals surface area contributed by atoms with Crippen LogP contribution in [0.1, 0.15) is 54.2 Å². The fourth-order valence-electron chi connectivity index (χ4n) is 3.22. The molecule has 1 amide bonds. The van der Waals surface area contributed by atoms with Gasteiger partial charge in [-0.25, -0.2) is 0 Å². The Morgan fingerprint density at radius 1 is 1.17 bits per heavy atom. The van der Waals surface area contributed by atoms with Crippen LogP contribution in [0, 0.1) is 4.77 Å². The highest BCUT2D eigenvalue weighted by molar-refractivity contribution is 7.71. The molecule has 0 aliphatic carbocycles. The first kappa shape index (κ1) is 20.7.